The molecular weight excluding hydrogens is 320 g/mol. The fraction of sp³-hybridized carbons (Fsp3) is 0.333. The van der Waals surface area contributed by atoms with Crippen LogP contribution < -0.4 is 10.6 Å². The Labute approximate surface area is 139 Å². The number of nitrogens with one attached hydrogen (secondary N) is 2. The van der Waals surface area contributed by atoms with Crippen molar-refractivity contribution >= 4 is 28.9 Å². The maximum absolute atomic E-state index is 10.1. The number of guanidine groups is 1. The highest BCUT2D eigenvalue weighted by molar-refractivity contribution is 7.16. The molecule has 0 amide bonds. The molecule has 0 spiro atoms. The van der Waals surface area contributed by atoms with Gasteiger partial charge in [0.1, 0.15) is 6.10 Å². The molecule has 3 N–H and O–H groups in total. The quantitative estimate of drug-likeness (QED) is 0.559. The number of nitrogens with zero attached hydrogens (tertiary/aromatic N) is 2. The monoisotopic (exact) mass is 338 g/mol. The van der Waals surface area contributed by atoms with E-state index in [-0.39, 0.29) is 0 Å². The first-order valence-electron chi connectivity index (χ1n) is 7.04. The molecule has 118 valence electrons. The molecule has 0 aromatic carbocycles. The lowest BCUT2D eigenvalue weighted by Gasteiger charge is -2.14. The van der Waals surface area contributed by atoms with E-state index in [1.807, 2.05) is 31.2 Å². The van der Waals surface area contributed by atoms with Gasteiger partial charge in [-0.05, 0) is 31.2 Å². The van der Waals surface area contributed by atoms with Crippen molar-refractivity contribution in [3.05, 3.63) is 51.4 Å². The van der Waals surface area contributed by atoms with Crippen LogP contribution in [0.1, 0.15) is 23.6 Å². The topological polar surface area (TPSA) is 69.5 Å². The van der Waals surface area contributed by atoms with Crippen molar-refractivity contribution in [2.24, 2.45) is 4.99 Å². The molecule has 0 aliphatic heterocycles. The number of hydrogen-bond donors (Lipinski definition) is 3. The third-order valence-corrected chi connectivity index (χ3v) is 4.19. The van der Waals surface area contributed by atoms with Crippen LogP contribution in [-0.2, 0) is 6.54 Å². The Bertz CT molecular complexity index is 603. The molecule has 1 atom stereocenters. The van der Waals surface area contributed by atoms with Crippen molar-refractivity contribution < 1.29 is 5.11 Å². The van der Waals surface area contributed by atoms with Crippen LogP contribution in [0, 0.1) is 0 Å². The summed E-state index contributed by atoms with van der Waals surface area (Å²) in [7, 11) is 0. The van der Waals surface area contributed by atoms with Crippen molar-refractivity contribution in [2.45, 2.75) is 19.6 Å². The van der Waals surface area contributed by atoms with Crippen LogP contribution in [0.3, 0.4) is 0 Å². The molecule has 2 aromatic heterocycles. The van der Waals surface area contributed by atoms with Gasteiger partial charge in [0, 0.05) is 24.2 Å². The van der Waals surface area contributed by atoms with Gasteiger partial charge in [-0.1, -0.05) is 17.7 Å². The van der Waals surface area contributed by atoms with Gasteiger partial charge >= 0.3 is 0 Å². The Morgan fingerprint density at radius 1 is 1.36 bits per heavy atom. The van der Waals surface area contributed by atoms with Crippen molar-refractivity contribution in [1.29, 1.82) is 0 Å². The van der Waals surface area contributed by atoms with Crippen molar-refractivity contribution in [3.63, 3.8) is 0 Å². The second kappa shape index (κ2) is 8.73. The summed E-state index contributed by atoms with van der Waals surface area (Å²) < 4.78 is 0.671. The lowest BCUT2D eigenvalue weighted by atomic mass is 10.3. The standard InChI is InChI=1S/C15H19ClN4OS/c1-2-17-15(19-9-11-5-3-4-8-18-11)20-10-12(21)13-6-7-14(16)22-13/h3-8,12,21H,2,9-10H2,1H3,(H2,17,19,20). The van der Waals surface area contributed by atoms with Crippen LogP contribution in [0.15, 0.2) is 41.5 Å². The Hall–Kier alpha value is -1.63. The number of rotatable bonds is 6. The van der Waals surface area contributed by atoms with Gasteiger partial charge in [-0.25, -0.2) is 4.99 Å². The van der Waals surface area contributed by atoms with Crippen LogP contribution >= 0.6 is 22.9 Å². The van der Waals surface area contributed by atoms with Crippen molar-refractivity contribution in [2.75, 3.05) is 13.1 Å². The predicted octanol–water partition coefficient (Wildman–Crippen LogP) is 2.59. The van der Waals surface area contributed by atoms with E-state index in [1.165, 1.54) is 11.3 Å². The molecule has 2 aromatic rings. The highest BCUT2D eigenvalue weighted by Gasteiger charge is 2.10. The van der Waals surface area contributed by atoms with Gasteiger partial charge in [-0.2, -0.15) is 0 Å². The molecule has 0 saturated carbocycles. The zero-order chi connectivity index (χ0) is 15.8. The Morgan fingerprint density at radius 3 is 2.86 bits per heavy atom. The molecular formula is C15H19ClN4OS. The lowest BCUT2D eigenvalue weighted by molar-refractivity contribution is 0.184. The van der Waals surface area contributed by atoms with Gasteiger partial charge in [0.2, 0.25) is 0 Å². The highest BCUT2D eigenvalue weighted by atomic mass is 35.5. The third-order valence-electron chi connectivity index (χ3n) is 2.85. The first-order chi connectivity index (χ1) is 10.7. The highest BCUT2D eigenvalue weighted by Crippen LogP contribution is 2.26. The number of aliphatic hydroxyl groups excluding tert-OH is 1. The summed E-state index contributed by atoms with van der Waals surface area (Å²) in [6, 6.07) is 9.35. The van der Waals surface area contributed by atoms with Crippen LogP contribution in [0.5, 0.6) is 0 Å². The summed E-state index contributed by atoms with van der Waals surface area (Å²) in [6.07, 6.45) is 1.13. The average molecular weight is 339 g/mol. The van der Waals surface area contributed by atoms with Gasteiger partial charge in [-0.15, -0.1) is 11.3 Å². The van der Waals surface area contributed by atoms with Gasteiger partial charge < -0.3 is 15.7 Å². The SMILES string of the molecule is CCNC(=NCc1ccccn1)NCC(O)c1ccc(Cl)s1. The molecule has 0 fully saturated rings. The number of pyridine rings is 1. The van der Waals surface area contributed by atoms with E-state index in [0.717, 1.165) is 17.1 Å². The minimum atomic E-state index is -0.615. The van der Waals surface area contributed by atoms with E-state index < -0.39 is 6.10 Å². The predicted molar refractivity (Wildman–Crippen MR) is 91.3 cm³/mol. The molecule has 2 heterocycles. The minimum Gasteiger partial charge on any atom is -0.386 e. The zero-order valence-electron chi connectivity index (χ0n) is 12.3. The van der Waals surface area contributed by atoms with E-state index in [2.05, 4.69) is 20.6 Å². The average Bonchev–Trinajstić information content (AvgIpc) is 2.97. The summed E-state index contributed by atoms with van der Waals surface area (Å²) in [5.41, 5.74) is 0.894. The van der Waals surface area contributed by atoms with Crippen LogP contribution in [0.25, 0.3) is 0 Å². The van der Waals surface area contributed by atoms with E-state index in [1.54, 1.807) is 12.3 Å². The van der Waals surface area contributed by atoms with Crippen LogP contribution in [-0.4, -0.2) is 29.1 Å². The molecule has 5 nitrogen and oxygen atoms in total. The van der Waals surface area contributed by atoms with Gasteiger partial charge in [-0.3, -0.25) is 4.98 Å². The Kier molecular flexibility index (Phi) is 6.64. The van der Waals surface area contributed by atoms with Gasteiger partial charge in [0.15, 0.2) is 5.96 Å². The van der Waals surface area contributed by atoms with E-state index >= 15 is 0 Å². The first-order valence-corrected chi connectivity index (χ1v) is 8.24. The number of aromatic nitrogens is 1. The molecule has 0 aliphatic carbocycles. The van der Waals surface area contributed by atoms with Crippen LogP contribution in [0.4, 0.5) is 0 Å². The van der Waals surface area contributed by atoms with E-state index in [9.17, 15) is 5.11 Å². The molecule has 0 aliphatic rings. The third kappa shape index (κ3) is 5.29. The van der Waals surface area contributed by atoms with Gasteiger partial charge in [0.05, 0.1) is 16.6 Å². The number of aliphatic imine (C=N–C) groups is 1. The van der Waals surface area contributed by atoms with Gasteiger partial charge in [0.25, 0.3) is 0 Å². The molecule has 0 radical (unpaired) electrons. The molecule has 7 heteroatoms. The summed E-state index contributed by atoms with van der Waals surface area (Å²) in [5, 5.41) is 16.4. The van der Waals surface area contributed by atoms with Crippen molar-refractivity contribution in [3.8, 4) is 0 Å². The summed E-state index contributed by atoms with van der Waals surface area (Å²) in [6.45, 7) is 3.59. The molecule has 0 saturated heterocycles. The Morgan fingerprint density at radius 2 is 2.23 bits per heavy atom. The maximum atomic E-state index is 10.1. The fourth-order valence-corrected chi connectivity index (χ4v) is 2.84. The van der Waals surface area contributed by atoms with E-state index in [4.69, 9.17) is 11.6 Å². The van der Waals surface area contributed by atoms with Crippen molar-refractivity contribution in [1.82, 2.24) is 15.6 Å². The molecule has 0 bridgehead atoms. The number of halogens is 1. The van der Waals surface area contributed by atoms with E-state index in [0.29, 0.717) is 23.4 Å². The second-order valence-electron chi connectivity index (χ2n) is 4.55. The minimum absolute atomic E-state index is 0.366. The molecule has 2 rings (SSSR count). The summed E-state index contributed by atoms with van der Waals surface area (Å²) in [5.74, 6) is 0.648. The summed E-state index contributed by atoms with van der Waals surface area (Å²) in [4.78, 5) is 9.52. The smallest absolute Gasteiger partial charge is 0.191 e. The number of hydrogen-bond acceptors (Lipinski definition) is 4. The molecule has 22 heavy (non-hydrogen) atoms. The lowest BCUT2D eigenvalue weighted by Crippen LogP contribution is -2.39. The second-order valence-corrected chi connectivity index (χ2v) is 6.30. The van der Waals surface area contributed by atoms with Crippen LogP contribution in [0.2, 0.25) is 4.34 Å². The number of thiophene rings is 1. The molecule has 1 unspecified atom stereocenters. The normalized spacial score (nSPS) is 13.0. The fourth-order valence-electron chi connectivity index (χ4n) is 1.79. The first kappa shape index (κ1) is 16.7. The maximum Gasteiger partial charge on any atom is 0.191 e. The zero-order valence-corrected chi connectivity index (χ0v) is 13.9. The Balaban J connectivity index is 1.90. The number of aliphatic hydroxyl groups is 1. The summed E-state index contributed by atoms with van der Waals surface area (Å²) >= 11 is 7.25. The largest absolute Gasteiger partial charge is 0.386 e.